The molecule has 126 valence electrons. The Bertz CT molecular complexity index is 862. The van der Waals surface area contributed by atoms with Gasteiger partial charge < -0.3 is 16.2 Å². The maximum atomic E-state index is 12.1. The fourth-order valence-corrected chi connectivity index (χ4v) is 2.45. The SMILES string of the molecule is Nc1ccc(-c2ccc(N)cc2NC(=O)OCc2ccccc2)cc1. The highest BCUT2D eigenvalue weighted by atomic mass is 16.5. The predicted octanol–water partition coefficient (Wildman–Crippen LogP) is 4.27. The molecular formula is C20H19N3O2. The van der Waals surface area contributed by atoms with E-state index in [1.54, 1.807) is 12.1 Å². The average Bonchev–Trinajstić information content (AvgIpc) is 2.62. The summed E-state index contributed by atoms with van der Waals surface area (Å²) in [5.41, 5.74) is 16.1. The molecule has 0 atom stereocenters. The van der Waals surface area contributed by atoms with Crippen LogP contribution in [0.4, 0.5) is 21.9 Å². The van der Waals surface area contributed by atoms with E-state index in [1.165, 1.54) is 0 Å². The molecule has 0 bridgehead atoms. The Morgan fingerprint density at radius 2 is 1.56 bits per heavy atom. The van der Waals surface area contributed by atoms with Crippen molar-refractivity contribution in [3.05, 3.63) is 78.4 Å². The molecule has 0 aliphatic carbocycles. The molecule has 0 aliphatic rings. The minimum absolute atomic E-state index is 0.201. The fourth-order valence-electron chi connectivity index (χ4n) is 2.45. The first kappa shape index (κ1) is 16.4. The number of carbonyl (C=O) groups excluding carboxylic acids is 1. The number of nitrogens with two attached hydrogens (primary N) is 2. The predicted molar refractivity (Wildman–Crippen MR) is 101 cm³/mol. The molecule has 0 saturated heterocycles. The van der Waals surface area contributed by atoms with E-state index in [-0.39, 0.29) is 6.61 Å². The van der Waals surface area contributed by atoms with Crippen LogP contribution in [0.1, 0.15) is 5.56 Å². The van der Waals surface area contributed by atoms with Gasteiger partial charge >= 0.3 is 6.09 Å². The van der Waals surface area contributed by atoms with Crippen molar-refractivity contribution in [3.8, 4) is 11.1 Å². The zero-order valence-electron chi connectivity index (χ0n) is 13.6. The van der Waals surface area contributed by atoms with Crippen LogP contribution in [0.3, 0.4) is 0 Å². The van der Waals surface area contributed by atoms with Crippen LogP contribution in [0.25, 0.3) is 11.1 Å². The molecule has 0 radical (unpaired) electrons. The summed E-state index contributed by atoms with van der Waals surface area (Å²) in [6, 6.07) is 22.2. The fraction of sp³-hybridized carbons (Fsp3) is 0.0500. The molecule has 0 aromatic heterocycles. The molecule has 3 aromatic rings. The molecule has 3 aromatic carbocycles. The minimum atomic E-state index is -0.536. The maximum Gasteiger partial charge on any atom is 0.411 e. The van der Waals surface area contributed by atoms with Gasteiger partial charge in [-0.2, -0.15) is 0 Å². The van der Waals surface area contributed by atoms with Gasteiger partial charge in [-0.1, -0.05) is 48.5 Å². The van der Waals surface area contributed by atoms with Crippen LogP contribution in [-0.4, -0.2) is 6.09 Å². The van der Waals surface area contributed by atoms with Gasteiger partial charge in [-0.05, 0) is 35.4 Å². The number of benzene rings is 3. The third kappa shape index (κ3) is 4.29. The van der Waals surface area contributed by atoms with Crippen LogP contribution < -0.4 is 16.8 Å². The van der Waals surface area contributed by atoms with E-state index in [0.717, 1.165) is 16.7 Å². The van der Waals surface area contributed by atoms with Crippen LogP contribution in [0.2, 0.25) is 0 Å². The van der Waals surface area contributed by atoms with Gasteiger partial charge in [-0.15, -0.1) is 0 Å². The number of carbonyl (C=O) groups is 1. The van der Waals surface area contributed by atoms with Crippen LogP contribution >= 0.6 is 0 Å². The Labute approximate surface area is 146 Å². The molecule has 3 rings (SSSR count). The Balaban J connectivity index is 1.76. The van der Waals surface area contributed by atoms with Gasteiger partial charge in [-0.25, -0.2) is 4.79 Å². The zero-order valence-corrected chi connectivity index (χ0v) is 13.6. The van der Waals surface area contributed by atoms with E-state index in [4.69, 9.17) is 16.2 Å². The second-order valence-electron chi connectivity index (χ2n) is 5.61. The summed E-state index contributed by atoms with van der Waals surface area (Å²) in [5, 5.41) is 2.76. The van der Waals surface area contributed by atoms with Crippen molar-refractivity contribution in [3.63, 3.8) is 0 Å². The lowest BCUT2D eigenvalue weighted by molar-refractivity contribution is 0.155. The Morgan fingerprint density at radius 3 is 2.28 bits per heavy atom. The largest absolute Gasteiger partial charge is 0.444 e. The highest BCUT2D eigenvalue weighted by molar-refractivity contribution is 5.92. The van der Waals surface area contributed by atoms with Gasteiger partial charge in [0.2, 0.25) is 0 Å². The van der Waals surface area contributed by atoms with E-state index in [1.807, 2.05) is 60.7 Å². The Morgan fingerprint density at radius 1 is 0.880 bits per heavy atom. The first-order valence-electron chi connectivity index (χ1n) is 7.85. The molecule has 5 N–H and O–H groups in total. The van der Waals surface area contributed by atoms with Crippen molar-refractivity contribution in [2.45, 2.75) is 6.61 Å². The highest BCUT2D eigenvalue weighted by Gasteiger charge is 2.10. The summed E-state index contributed by atoms with van der Waals surface area (Å²) in [4.78, 5) is 12.1. The lowest BCUT2D eigenvalue weighted by Gasteiger charge is -2.13. The molecule has 0 unspecified atom stereocenters. The summed E-state index contributed by atoms with van der Waals surface area (Å²) >= 11 is 0. The average molecular weight is 333 g/mol. The number of amides is 1. The van der Waals surface area contributed by atoms with E-state index in [2.05, 4.69) is 5.32 Å². The highest BCUT2D eigenvalue weighted by Crippen LogP contribution is 2.30. The van der Waals surface area contributed by atoms with Crippen LogP contribution in [-0.2, 0) is 11.3 Å². The summed E-state index contributed by atoms with van der Waals surface area (Å²) in [6.45, 7) is 0.201. The second kappa shape index (κ2) is 7.40. The van der Waals surface area contributed by atoms with Crippen molar-refractivity contribution in [1.82, 2.24) is 0 Å². The summed E-state index contributed by atoms with van der Waals surface area (Å²) < 4.78 is 5.27. The van der Waals surface area contributed by atoms with E-state index >= 15 is 0 Å². The standard InChI is InChI=1S/C20H19N3O2/c21-16-8-6-15(7-9-16)18-11-10-17(22)12-19(18)23-20(24)25-13-14-4-2-1-3-5-14/h1-12H,13,21-22H2,(H,23,24). The Kier molecular flexibility index (Phi) is 4.85. The van der Waals surface area contributed by atoms with Gasteiger partial charge in [0, 0.05) is 16.9 Å². The lowest BCUT2D eigenvalue weighted by atomic mass is 10.0. The molecule has 1 amide bonds. The number of nitrogen functional groups attached to an aromatic ring is 2. The third-order valence-electron chi connectivity index (χ3n) is 3.71. The zero-order chi connectivity index (χ0) is 17.6. The van der Waals surface area contributed by atoms with Gasteiger partial charge in [0.25, 0.3) is 0 Å². The summed E-state index contributed by atoms with van der Waals surface area (Å²) in [6.07, 6.45) is -0.536. The number of anilines is 3. The molecule has 0 saturated carbocycles. The number of rotatable bonds is 4. The minimum Gasteiger partial charge on any atom is -0.444 e. The van der Waals surface area contributed by atoms with Crippen molar-refractivity contribution >= 4 is 23.2 Å². The molecule has 0 fully saturated rings. The first-order chi connectivity index (χ1) is 12.1. The molecular weight excluding hydrogens is 314 g/mol. The number of ether oxygens (including phenoxy) is 1. The van der Waals surface area contributed by atoms with Crippen molar-refractivity contribution in [2.24, 2.45) is 0 Å². The van der Waals surface area contributed by atoms with Crippen molar-refractivity contribution in [1.29, 1.82) is 0 Å². The van der Waals surface area contributed by atoms with Gasteiger partial charge in [-0.3, -0.25) is 5.32 Å². The molecule has 0 heterocycles. The topological polar surface area (TPSA) is 90.4 Å². The van der Waals surface area contributed by atoms with E-state index in [9.17, 15) is 4.79 Å². The summed E-state index contributed by atoms with van der Waals surface area (Å²) in [7, 11) is 0. The van der Waals surface area contributed by atoms with E-state index < -0.39 is 6.09 Å². The molecule has 5 heteroatoms. The quantitative estimate of drug-likeness (QED) is 0.622. The van der Waals surface area contributed by atoms with Crippen LogP contribution in [0.15, 0.2) is 72.8 Å². The number of nitrogens with one attached hydrogen (secondary N) is 1. The first-order valence-corrected chi connectivity index (χ1v) is 7.85. The van der Waals surface area contributed by atoms with Gasteiger partial charge in [0.05, 0.1) is 5.69 Å². The lowest BCUT2D eigenvalue weighted by Crippen LogP contribution is -2.14. The van der Waals surface area contributed by atoms with Crippen LogP contribution in [0.5, 0.6) is 0 Å². The van der Waals surface area contributed by atoms with Crippen molar-refractivity contribution in [2.75, 3.05) is 16.8 Å². The number of hydrogen-bond donors (Lipinski definition) is 3. The third-order valence-corrected chi connectivity index (χ3v) is 3.71. The maximum absolute atomic E-state index is 12.1. The molecule has 25 heavy (non-hydrogen) atoms. The monoisotopic (exact) mass is 333 g/mol. The summed E-state index contributed by atoms with van der Waals surface area (Å²) in [5.74, 6) is 0. The van der Waals surface area contributed by atoms with Gasteiger partial charge in [0.15, 0.2) is 0 Å². The van der Waals surface area contributed by atoms with Crippen LogP contribution in [0, 0.1) is 0 Å². The van der Waals surface area contributed by atoms with Crippen molar-refractivity contribution < 1.29 is 9.53 Å². The normalized spacial score (nSPS) is 10.2. The number of hydrogen-bond acceptors (Lipinski definition) is 4. The van der Waals surface area contributed by atoms with Gasteiger partial charge in [0.1, 0.15) is 6.61 Å². The smallest absolute Gasteiger partial charge is 0.411 e. The second-order valence-corrected chi connectivity index (χ2v) is 5.61. The molecule has 0 spiro atoms. The Hall–Kier alpha value is -3.47. The van der Waals surface area contributed by atoms with E-state index in [0.29, 0.717) is 17.1 Å². The molecule has 0 aliphatic heterocycles. The molecule has 5 nitrogen and oxygen atoms in total.